The van der Waals surface area contributed by atoms with Gasteiger partial charge < -0.3 is 4.74 Å². The summed E-state index contributed by atoms with van der Waals surface area (Å²) >= 11 is 3.20. The van der Waals surface area contributed by atoms with Gasteiger partial charge in [-0.05, 0) is 30.7 Å². The van der Waals surface area contributed by atoms with Gasteiger partial charge in [0.2, 0.25) is 0 Å². The first-order valence-electron chi connectivity index (χ1n) is 5.89. The Labute approximate surface area is 120 Å². The molecule has 0 N–H and O–H groups in total. The quantitative estimate of drug-likeness (QED) is 0.458. The summed E-state index contributed by atoms with van der Waals surface area (Å²) in [6.45, 7) is 2.04. The molecule has 0 aliphatic rings. The zero-order valence-corrected chi connectivity index (χ0v) is 12.2. The number of ketones is 1. The lowest BCUT2D eigenvalue weighted by molar-refractivity contribution is -0.142. The van der Waals surface area contributed by atoms with Crippen LogP contribution in [0.5, 0.6) is 0 Å². The minimum absolute atomic E-state index is 0.0564. The number of hydrogen-bond acceptors (Lipinski definition) is 4. The molecule has 0 aliphatic heterocycles. The summed E-state index contributed by atoms with van der Waals surface area (Å²) in [5.41, 5.74) is 1.45. The molecule has 0 bridgehead atoms. The second-order valence-electron chi connectivity index (χ2n) is 3.87. The van der Waals surface area contributed by atoms with Gasteiger partial charge in [0.1, 0.15) is 0 Å². The number of alkyl halides is 1. The first-order chi connectivity index (χ1) is 9.10. The number of halogens is 1. The van der Waals surface area contributed by atoms with Crippen molar-refractivity contribution in [2.45, 2.75) is 19.8 Å². The second kappa shape index (κ2) is 7.70. The van der Waals surface area contributed by atoms with Crippen molar-refractivity contribution in [3.05, 3.63) is 34.9 Å². The summed E-state index contributed by atoms with van der Waals surface area (Å²) in [7, 11) is 0. The number of ether oxygens (including phenoxy) is 1. The maximum absolute atomic E-state index is 11.8. The summed E-state index contributed by atoms with van der Waals surface area (Å²) in [6.07, 6.45) is 0.422. The van der Waals surface area contributed by atoms with Crippen LogP contribution in [-0.4, -0.2) is 23.7 Å². The molecule has 0 radical (unpaired) electrons. The monoisotopic (exact) mass is 323 g/mol. The normalized spacial score (nSPS) is 9.74. The van der Waals surface area contributed by atoms with Gasteiger partial charge in [-0.1, -0.05) is 15.9 Å². The van der Waals surface area contributed by atoms with Gasteiger partial charge >= 0.3 is 5.97 Å². The molecule has 0 saturated heterocycles. The van der Waals surface area contributed by atoms with Gasteiger partial charge in [-0.3, -0.25) is 9.59 Å². The molecular weight excluding hydrogens is 310 g/mol. The fourth-order valence-corrected chi connectivity index (χ4v) is 1.99. The first-order valence-corrected chi connectivity index (χ1v) is 7.01. The average molecular weight is 324 g/mol. The standard InChI is InChI=1S/C14H14BrNO3/c1-2-19-14(18)8-10-5-11(9-16)7-12(6-10)13(17)3-4-15/h5-7H,2-4,8H2,1H3. The van der Waals surface area contributed by atoms with E-state index < -0.39 is 0 Å². The Hall–Kier alpha value is -1.67. The number of nitriles is 1. The molecule has 0 spiro atoms. The Kier molecular flexibility index (Phi) is 6.23. The van der Waals surface area contributed by atoms with Gasteiger partial charge in [-0.25, -0.2) is 0 Å². The molecular formula is C14H14BrNO3. The maximum atomic E-state index is 11.8. The van der Waals surface area contributed by atoms with E-state index in [9.17, 15) is 9.59 Å². The smallest absolute Gasteiger partial charge is 0.310 e. The van der Waals surface area contributed by atoms with E-state index in [1.165, 1.54) is 0 Å². The lowest BCUT2D eigenvalue weighted by Crippen LogP contribution is -2.09. The molecule has 0 amide bonds. The van der Waals surface area contributed by atoms with Crippen molar-refractivity contribution in [1.29, 1.82) is 5.26 Å². The number of carbonyl (C=O) groups excluding carboxylic acids is 2. The second-order valence-corrected chi connectivity index (χ2v) is 4.67. The molecule has 0 aliphatic carbocycles. The number of Topliss-reactive ketones (excluding diaryl/α,β-unsaturated/α-hetero) is 1. The van der Waals surface area contributed by atoms with Crippen LogP contribution in [0.25, 0.3) is 0 Å². The highest BCUT2D eigenvalue weighted by atomic mass is 79.9. The van der Waals surface area contributed by atoms with Crippen molar-refractivity contribution in [1.82, 2.24) is 0 Å². The summed E-state index contributed by atoms with van der Waals surface area (Å²) in [5.74, 6) is -0.421. The van der Waals surface area contributed by atoms with Gasteiger partial charge in [0.05, 0.1) is 24.7 Å². The van der Waals surface area contributed by atoms with Gasteiger partial charge in [0, 0.05) is 17.3 Å². The van der Waals surface area contributed by atoms with Crippen LogP contribution in [0.3, 0.4) is 0 Å². The van der Waals surface area contributed by atoms with E-state index in [0.29, 0.717) is 35.0 Å². The molecule has 0 atom stereocenters. The molecule has 4 nitrogen and oxygen atoms in total. The summed E-state index contributed by atoms with van der Waals surface area (Å²) in [4.78, 5) is 23.2. The highest BCUT2D eigenvalue weighted by molar-refractivity contribution is 9.09. The summed E-state index contributed by atoms with van der Waals surface area (Å²) < 4.78 is 4.85. The highest BCUT2D eigenvalue weighted by Gasteiger charge is 2.11. The predicted octanol–water partition coefficient (Wildman–Crippen LogP) is 2.63. The van der Waals surface area contributed by atoms with E-state index in [4.69, 9.17) is 10.00 Å². The predicted molar refractivity (Wildman–Crippen MR) is 74.2 cm³/mol. The van der Waals surface area contributed by atoms with Crippen LogP contribution in [0.15, 0.2) is 18.2 Å². The van der Waals surface area contributed by atoms with Gasteiger partial charge in [-0.15, -0.1) is 0 Å². The summed E-state index contributed by atoms with van der Waals surface area (Å²) in [5, 5.41) is 9.51. The van der Waals surface area contributed by atoms with Crippen LogP contribution in [0.1, 0.15) is 34.8 Å². The molecule has 100 valence electrons. The lowest BCUT2D eigenvalue weighted by atomic mass is 10.0. The Balaban J connectivity index is 2.99. The van der Waals surface area contributed by atoms with Gasteiger partial charge in [0.15, 0.2) is 5.78 Å². The largest absolute Gasteiger partial charge is 0.466 e. The van der Waals surface area contributed by atoms with E-state index in [-0.39, 0.29) is 18.2 Å². The molecule has 1 aromatic carbocycles. The minimum Gasteiger partial charge on any atom is -0.466 e. The molecule has 0 heterocycles. The van der Waals surface area contributed by atoms with E-state index in [1.807, 2.05) is 6.07 Å². The number of carbonyl (C=O) groups is 2. The Morgan fingerprint density at radius 2 is 2.11 bits per heavy atom. The van der Waals surface area contributed by atoms with E-state index in [2.05, 4.69) is 15.9 Å². The third-order valence-electron chi connectivity index (χ3n) is 2.42. The molecule has 1 aromatic rings. The minimum atomic E-state index is -0.364. The fourth-order valence-electron chi connectivity index (χ4n) is 1.63. The van der Waals surface area contributed by atoms with Crippen LogP contribution >= 0.6 is 15.9 Å². The number of rotatable bonds is 6. The SMILES string of the molecule is CCOC(=O)Cc1cc(C#N)cc(C(=O)CCBr)c1. The Bertz CT molecular complexity index is 520. The molecule has 0 unspecified atom stereocenters. The Morgan fingerprint density at radius 3 is 2.68 bits per heavy atom. The van der Waals surface area contributed by atoms with Gasteiger partial charge in [0.25, 0.3) is 0 Å². The maximum Gasteiger partial charge on any atom is 0.310 e. The molecule has 1 rings (SSSR count). The van der Waals surface area contributed by atoms with E-state index >= 15 is 0 Å². The van der Waals surface area contributed by atoms with Crippen LogP contribution in [0.2, 0.25) is 0 Å². The van der Waals surface area contributed by atoms with Crippen molar-refractivity contribution in [2.75, 3.05) is 11.9 Å². The van der Waals surface area contributed by atoms with Gasteiger partial charge in [-0.2, -0.15) is 5.26 Å². The lowest BCUT2D eigenvalue weighted by Gasteiger charge is -2.06. The first kappa shape index (κ1) is 15.4. The Morgan fingerprint density at radius 1 is 1.37 bits per heavy atom. The van der Waals surface area contributed by atoms with E-state index in [0.717, 1.165) is 0 Å². The van der Waals surface area contributed by atoms with Crippen molar-refractivity contribution in [3.63, 3.8) is 0 Å². The molecule has 0 saturated carbocycles. The third-order valence-corrected chi connectivity index (χ3v) is 2.82. The van der Waals surface area contributed by atoms with Crippen LogP contribution in [-0.2, 0) is 16.0 Å². The summed E-state index contributed by atoms with van der Waals surface area (Å²) in [6, 6.07) is 6.78. The highest BCUT2D eigenvalue weighted by Crippen LogP contribution is 2.13. The zero-order chi connectivity index (χ0) is 14.3. The third kappa shape index (κ3) is 4.84. The number of esters is 1. The van der Waals surface area contributed by atoms with Crippen LogP contribution < -0.4 is 0 Å². The van der Waals surface area contributed by atoms with Crippen LogP contribution in [0.4, 0.5) is 0 Å². The fraction of sp³-hybridized carbons (Fsp3) is 0.357. The average Bonchev–Trinajstić information content (AvgIpc) is 2.38. The molecule has 5 heteroatoms. The number of nitrogens with zero attached hydrogens (tertiary/aromatic N) is 1. The van der Waals surface area contributed by atoms with Crippen molar-refractivity contribution in [3.8, 4) is 6.07 Å². The van der Waals surface area contributed by atoms with Crippen LogP contribution in [0, 0.1) is 11.3 Å². The number of benzene rings is 1. The van der Waals surface area contributed by atoms with E-state index in [1.54, 1.807) is 25.1 Å². The number of hydrogen-bond donors (Lipinski definition) is 0. The topological polar surface area (TPSA) is 67.2 Å². The molecule has 0 aromatic heterocycles. The van der Waals surface area contributed by atoms with Crippen molar-refractivity contribution >= 4 is 27.7 Å². The zero-order valence-electron chi connectivity index (χ0n) is 10.6. The van der Waals surface area contributed by atoms with Crippen molar-refractivity contribution < 1.29 is 14.3 Å². The molecule has 0 fully saturated rings. The molecule has 19 heavy (non-hydrogen) atoms. The van der Waals surface area contributed by atoms with Crippen molar-refractivity contribution in [2.24, 2.45) is 0 Å².